The number of hydrogen-bond donors (Lipinski definition) is 3. The summed E-state index contributed by atoms with van der Waals surface area (Å²) in [4.78, 5) is 11.5. The number of nitrogens with two attached hydrogens (primary N) is 1. The van der Waals surface area contributed by atoms with Gasteiger partial charge in [-0.2, -0.15) is 15.0 Å². The molecule has 0 bridgehead atoms. The van der Waals surface area contributed by atoms with Gasteiger partial charge in [-0.05, 0) is 18.2 Å². The predicted octanol–water partition coefficient (Wildman–Crippen LogP) is 3.38. The molecule has 0 fully saturated rings. The van der Waals surface area contributed by atoms with Gasteiger partial charge in [-0.25, -0.2) is 0 Å². The van der Waals surface area contributed by atoms with Crippen LogP contribution in [0.1, 0.15) is 5.82 Å². The zero-order valence-electron chi connectivity index (χ0n) is 9.61. The van der Waals surface area contributed by atoms with Gasteiger partial charge >= 0.3 is 0 Å². The number of alkyl halides is 3. The molecule has 4 N–H and O–H groups in total. The van der Waals surface area contributed by atoms with E-state index in [2.05, 4.69) is 20.3 Å². The average Bonchev–Trinajstić information content (AvgIpc) is 2.32. The molecular weight excluding hydrogens is 348 g/mol. The topological polar surface area (TPSA) is 97.0 Å². The number of halogens is 4. The number of rotatable bonds is 2. The van der Waals surface area contributed by atoms with E-state index in [1.807, 2.05) is 0 Å². The largest absolute Gasteiger partial charge is 0.506 e. The highest BCUT2D eigenvalue weighted by Gasteiger charge is 2.28. The molecule has 1 aromatic heterocycles. The molecule has 0 saturated heterocycles. The van der Waals surface area contributed by atoms with Gasteiger partial charge in [-0.15, -0.1) is 0 Å². The first kappa shape index (κ1) is 15.2. The van der Waals surface area contributed by atoms with Gasteiger partial charge in [0.15, 0.2) is 5.82 Å². The van der Waals surface area contributed by atoms with Crippen LogP contribution in [0.2, 0.25) is 5.02 Å². The molecule has 0 aliphatic heterocycles. The highest BCUT2D eigenvalue weighted by Crippen LogP contribution is 2.36. The number of nitrogens with zero attached hydrogens (tertiary/aromatic N) is 3. The molecule has 6 nitrogen and oxygen atoms in total. The fourth-order valence-electron chi connectivity index (χ4n) is 1.30. The lowest BCUT2D eigenvalue weighted by molar-refractivity contribution is 0.477. The van der Waals surface area contributed by atoms with Crippen LogP contribution in [0.25, 0.3) is 0 Å². The predicted molar refractivity (Wildman–Crippen MR) is 79.9 cm³/mol. The van der Waals surface area contributed by atoms with E-state index in [4.69, 9.17) is 52.1 Å². The number of nitrogens with one attached hydrogen (secondary N) is 1. The van der Waals surface area contributed by atoms with Crippen LogP contribution < -0.4 is 11.1 Å². The number of hydrogen-bond acceptors (Lipinski definition) is 6. The molecular formula is C10H7Cl4N5O. The lowest BCUT2D eigenvalue weighted by atomic mass is 10.3. The fraction of sp³-hybridized carbons (Fsp3) is 0.100. The molecule has 20 heavy (non-hydrogen) atoms. The van der Waals surface area contributed by atoms with Crippen molar-refractivity contribution in [3.8, 4) is 5.75 Å². The Bertz CT molecular complexity index is 646. The second-order valence-corrected chi connectivity index (χ2v) is 6.34. The molecule has 1 aromatic carbocycles. The summed E-state index contributed by atoms with van der Waals surface area (Å²) in [5.74, 6) is -0.315. The third-order valence-corrected chi connectivity index (χ3v) is 2.85. The summed E-state index contributed by atoms with van der Waals surface area (Å²) < 4.78 is -1.84. The summed E-state index contributed by atoms with van der Waals surface area (Å²) in [7, 11) is 0. The molecule has 0 aliphatic rings. The Hall–Kier alpha value is -1.21. The normalized spacial score (nSPS) is 11.4. The minimum absolute atomic E-state index is 0.0105. The number of benzene rings is 1. The van der Waals surface area contributed by atoms with Crippen molar-refractivity contribution in [3.05, 3.63) is 29.0 Å². The van der Waals surface area contributed by atoms with Crippen molar-refractivity contribution < 1.29 is 5.11 Å². The average molecular weight is 355 g/mol. The minimum atomic E-state index is -1.84. The lowest BCUT2D eigenvalue weighted by Gasteiger charge is -2.12. The van der Waals surface area contributed by atoms with Crippen LogP contribution in [0.4, 0.5) is 17.6 Å². The fourth-order valence-corrected chi connectivity index (χ4v) is 1.73. The summed E-state index contributed by atoms with van der Waals surface area (Å²) >= 11 is 22.9. The Morgan fingerprint density at radius 1 is 1.15 bits per heavy atom. The SMILES string of the molecule is Nc1nc(Nc2cc(Cl)ccc2O)nc(C(Cl)(Cl)Cl)n1. The van der Waals surface area contributed by atoms with Crippen molar-refractivity contribution in [2.75, 3.05) is 11.1 Å². The molecule has 106 valence electrons. The molecule has 0 unspecified atom stereocenters. The quantitative estimate of drug-likeness (QED) is 0.565. The smallest absolute Gasteiger partial charge is 0.250 e. The van der Waals surface area contributed by atoms with E-state index in [-0.39, 0.29) is 29.2 Å². The Kier molecular flexibility index (Phi) is 4.29. The van der Waals surface area contributed by atoms with Crippen LogP contribution in [0.5, 0.6) is 5.75 Å². The van der Waals surface area contributed by atoms with Gasteiger partial charge in [-0.1, -0.05) is 46.4 Å². The van der Waals surface area contributed by atoms with Gasteiger partial charge in [-0.3, -0.25) is 0 Å². The van der Waals surface area contributed by atoms with Crippen LogP contribution in [0.15, 0.2) is 18.2 Å². The van der Waals surface area contributed by atoms with Crippen molar-refractivity contribution in [1.29, 1.82) is 0 Å². The summed E-state index contributed by atoms with van der Waals surface area (Å²) in [5.41, 5.74) is 5.79. The van der Waals surface area contributed by atoms with Gasteiger partial charge < -0.3 is 16.2 Å². The zero-order chi connectivity index (χ0) is 14.9. The van der Waals surface area contributed by atoms with Crippen LogP contribution in [0.3, 0.4) is 0 Å². The number of nitrogen functional groups attached to an aromatic ring is 1. The van der Waals surface area contributed by atoms with Gasteiger partial charge in [0.2, 0.25) is 15.7 Å². The monoisotopic (exact) mass is 353 g/mol. The van der Waals surface area contributed by atoms with E-state index < -0.39 is 3.79 Å². The highest BCUT2D eigenvalue weighted by molar-refractivity contribution is 6.66. The van der Waals surface area contributed by atoms with Gasteiger partial charge in [0.1, 0.15) is 5.75 Å². The first-order chi connectivity index (χ1) is 9.25. The summed E-state index contributed by atoms with van der Waals surface area (Å²) in [6.07, 6.45) is 0. The number of aromatic hydroxyl groups is 1. The molecule has 0 saturated carbocycles. The minimum Gasteiger partial charge on any atom is -0.506 e. The van der Waals surface area contributed by atoms with E-state index in [1.165, 1.54) is 18.2 Å². The second kappa shape index (κ2) is 5.65. The number of phenols is 1. The molecule has 2 aromatic rings. The van der Waals surface area contributed by atoms with Crippen LogP contribution in [-0.4, -0.2) is 20.1 Å². The maximum Gasteiger partial charge on any atom is 0.250 e. The summed E-state index contributed by atoms with van der Waals surface area (Å²) in [6, 6.07) is 4.41. The third kappa shape index (κ3) is 3.67. The Balaban J connectivity index is 2.39. The molecule has 10 heteroatoms. The van der Waals surface area contributed by atoms with E-state index in [0.29, 0.717) is 5.02 Å². The Morgan fingerprint density at radius 2 is 1.85 bits per heavy atom. The zero-order valence-corrected chi connectivity index (χ0v) is 12.6. The third-order valence-electron chi connectivity index (χ3n) is 2.11. The van der Waals surface area contributed by atoms with E-state index in [0.717, 1.165) is 0 Å². The van der Waals surface area contributed by atoms with Crippen LogP contribution >= 0.6 is 46.4 Å². The number of aromatic nitrogens is 3. The van der Waals surface area contributed by atoms with Crippen molar-refractivity contribution in [2.24, 2.45) is 0 Å². The summed E-state index contributed by atoms with van der Waals surface area (Å²) in [5, 5.41) is 12.8. The van der Waals surface area contributed by atoms with E-state index in [1.54, 1.807) is 0 Å². The Labute approximate surface area is 133 Å². The molecule has 0 aliphatic carbocycles. The standard InChI is InChI=1S/C10H7Cl4N5O/c11-4-1-2-6(20)5(3-4)16-9-18-7(10(12,13)14)17-8(15)19-9/h1-3,20H,(H3,15,16,17,18,19). The summed E-state index contributed by atoms with van der Waals surface area (Å²) in [6.45, 7) is 0. The lowest BCUT2D eigenvalue weighted by Crippen LogP contribution is -2.13. The van der Waals surface area contributed by atoms with Crippen LogP contribution in [-0.2, 0) is 3.79 Å². The maximum atomic E-state index is 9.69. The highest BCUT2D eigenvalue weighted by atomic mass is 35.6. The molecule has 1 heterocycles. The molecule has 0 spiro atoms. The first-order valence-electron chi connectivity index (χ1n) is 5.10. The van der Waals surface area contributed by atoms with E-state index >= 15 is 0 Å². The molecule has 0 atom stereocenters. The molecule has 2 rings (SSSR count). The first-order valence-corrected chi connectivity index (χ1v) is 6.61. The number of phenolic OH excluding ortho intramolecular Hbond substituents is 1. The molecule has 0 amide bonds. The van der Waals surface area contributed by atoms with Gasteiger partial charge in [0, 0.05) is 5.02 Å². The second-order valence-electron chi connectivity index (χ2n) is 3.63. The number of anilines is 3. The van der Waals surface area contributed by atoms with Gasteiger partial charge in [0.05, 0.1) is 5.69 Å². The van der Waals surface area contributed by atoms with Gasteiger partial charge in [0.25, 0.3) is 0 Å². The maximum absolute atomic E-state index is 9.69. The van der Waals surface area contributed by atoms with Crippen molar-refractivity contribution >= 4 is 64.0 Å². The van der Waals surface area contributed by atoms with Crippen molar-refractivity contribution in [2.45, 2.75) is 3.79 Å². The Morgan fingerprint density at radius 3 is 2.50 bits per heavy atom. The van der Waals surface area contributed by atoms with Crippen molar-refractivity contribution in [1.82, 2.24) is 15.0 Å². The van der Waals surface area contributed by atoms with E-state index in [9.17, 15) is 5.11 Å². The van der Waals surface area contributed by atoms with Crippen LogP contribution in [0, 0.1) is 0 Å². The molecule has 0 radical (unpaired) electrons. The van der Waals surface area contributed by atoms with Crippen molar-refractivity contribution in [3.63, 3.8) is 0 Å².